The van der Waals surface area contributed by atoms with Crippen molar-refractivity contribution in [2.75, 3.05) is 23.7 Å². The lowest BCUT2D eigenvalue weighted by molar-refractivity contribution is -0.120. The highest BCUT2D eigenvalue weighted by Gasteiger charge is 2.18. The molecule has 2 rings (SSSR count). The van der Waals surface area contributed by atoms with Gasteiger partial charge in [0.25, 0.3) is 0 Å². The smallest absolute Gasteiger partial charge is 0.232 e. The van der Waals surface area contributed by atoms with Gasteiger partial charge in [0.15, 0.2) is 0 Å². The Bertz CT molecular complexity index is 799. The molecule has 24 heavy (non-hydrogen) atoms. The Hall–Kier alpha value is -1.86. The molecular weight excluding hydrogens is 344 g/mol. The zero-order chi connectivity index (χ0) is 17.7. The molecule has 0 saturated carbocycles. The van der Waals surface area contributed by atoms with Crippen molar-refractivity contribution in [2.45, 2.75) is 20.3 Å². The fourth-order valence-corrected chi connectivity index (χ4v) is 3.92. The minimum absolute atomic E-state index is 0.106. The average Bonchev–Trinajstić information content (AvgIpc) is 2.98. The maximum atomic E-state index is 12.1. The Kier molecular flexibility index (Phi) is 6.01. The van der Waals surface area contributed by atoms with Crippen LogP contribution in [-0.2, 0) is 21.2 Å². The van der Waals surface area contributed by atoms with Gasteiger partial charge in [-0.25, -0.2) is 8.42 Å². The monoisotopic (exact) mass is 366 g/mol. The number of hydrogen-bond acceptors (Lipinski definition) is 4. The molecule has 1 heterocycles. The Labute approximate surface area is 147 Å². The Morgan fingerprint density at radius 1 is 1.21 bits per heavy atom. The van der Waals surface area contributed by atoms with Gasteiger partial charge in [0.2, 0.25) is 15.9 Å². The quantitative estimate of drug-likeness (QED) is 0.819. The van der Waals surface area contributed by atoms with Crippen molar-refractivity contribution in [1.29, 1.82) is 0 Å². The van der Waals surface area contributed by atoms with Crippen LogP contribution in [0.2, 0.25) is 0 Å². The van der Waals surface area contributed by atoms with E-state index in [1.54, 1.807) is 6.07 Å². The Balaban J connectivity index is 1.99. The fourth-order valence-electron chi connectivity index (χ4n) is 2.30. The number of rotatable bonds is 7. The molecule has 1 aromatic heterocycles. The topological polar surface area (TPSA) is 66.5 Å². The van der Waals surface area contributed by atoms with E-state index in [1.807, 2.05) is 43.5 Å². The summed E-state index contributed by atoms with van der Waals surface area (Å²) in [6.07, 6.45) is 1.50. The summed E-state index contributed by atoms with van der Waals surface area (Å²) in [6, 6.07) is 9.35. The second-order valence-electron chi connectivity index (χ2n) is 5.71. The van der Waals surface area contributed by atoms with E-state index in [9.17, 15) is 13.2 Å². The number of hydrogen-bond donors (Lipinski definition) is 1. The third-order valence-corrected chi connectivity index (χ3v) is 5.80. The van der Waals surface area contributed by atoms with Gasteiger partial charge >= 0.3 is 0 Å². The van der Waals surface area contributed by atoms with Crippen LogP contribution in [0.25, 0.3) is 0 Å². The van der Waals surface area contributed by atoms with Crippen LogP contribution in [0.15, 0.2) is 35.7 Å². The van der Waals surface area contributed by atoms with E-state index in [4.69, 9.17) is 0 Å². The van der Waals surface area contributed by atoms with Crippen molar-refractivity contribution >= 4 is 33.0 Å². The minimum atomic E-state index is -3.41. The predicted octanol–water partition coefficient (Wildman–Crippen LogP) is 2.49. The molecule has 0 saturated heterocycles. The number of benzene rings is 1. The van der Waals surface area contributed by atoms with Crippen molar-refractivity contribution in [3.63, 3.8) is 0 Å². The number of thiophene rings is 1. The van der Waals surface area contributed by atoms with Crippen molar-refractivity contribution in [1.82, 2.24) is 5.32 Å². The maximum absolute atomic E-state index is 12.1. The van der Waals surface area contributed by atoms with Crippen LogP contribution in [-0.4, -0.2) is 33.7 Å². The first-order valence-electron chi connectivity index (χ1n) is 7.61. The van der Waals surface area contributed by atoms with E-state index in [2.05, 4.69) is 5.32 Å². The number of carbonyl (C=O) groups is 1. The molecule has 130 valence electrons. The summed E-state index contributed by atoms with van der Waals surface area (Å²) in [5, 5.41) is 4.71. The van der Waals surface area contributed by atoms with Crippen LogP contribution in [0.1, 0.15) is 16.0 Å². The van der Waals surface area contributed by atoms with Gasteiger partial charge in [-0.3, -0.25) is 9.10 Å². The highest BCUT2D eigenvalue weighted by atomic mass is 32.2. The van der Waals surface area contributed by atoms with Crippen molar-refractivity contribution in [2.24, 2.45) is 0 Å². The van der Waals surface area contributed by atoms with Crippen LogP contribution >= 0.6 is 11.3 Å². The van der Waals surface area contributed by atoms with Crippen molar-refractivity contribution < 1.29 is 13.2 Å². The number of sulfonamides is 1. The molecule has 0 fully saturated rings. The molecule has 5 nitrogen and oxygen atoms in total. The summed E-state index contributed by atoms with van der Waals surface area (Å²) < 4.78 is 25.5. The molecular formula is C17H22N2O3S2. The van der Waals surface area contributed by atoms with Crippen molar-refractivity contribution in [3.05, 3.63) is 51.7 Å². The number of nitrogens with zero attached hydrogens (tertiary/aromatic N) is 1. The van der Waals surface area contributed by atoms with E-state index in [1.165, 1.54) is 21.9 Å². The van der Waals surface area contributed by atoms with Crippen LogP contribution in [0, 0.1) is 13.8 Å². The lowest BCUT2D eigenvalue weighted by Crippen LogP contribution is -2.38. The molecule has 1 N–H and O–H groups in total. The Morgan fingerprint density at radius 2 is 1.96 bits per heavy atom. The molecule has 0 spiro atoms. The largest absolute Gasteiger partial charge is 0.354 e. The molecule has 0 aliphatic rings. The number of carbonyl (C=O) groups excluding carboxylic acids is 1. The standard InChI is InChI=1S/C17H22N2O3S2/c1-13-6-7-15(11-14(13)2)19(24(3,21)22)9-8-18-17(20)12-16-5-4-10-23-16/h4-7,10-11H,8-9,12H2,1-3H3,(H,18,20). The molecule has 0 atom stereocenters. The SMILES string of the molecule is Cc1ccc(N(CCNC(=O)Cc2cccs2)S(C)(=O)=O)cc1C. The summed E-state index contributed by atoms with van der Waals surface area (Å²) in [5.74, 6) is -0.106. The summed E-state index contributed by atoms with van der Waals surface area (Å²) in [6.45, 7) is 4.40. The third-order valence-electron chi connectivity index (χ3n) is 3.73. The Morgan fingerprint density at radius 3 is 2.54 bits per heavy atom. The second kappa shape index (κ2) is 7.81. The molecule has 1 amide bonds. The van der Waals surface area contributed by atoms with E-state index < -0.39 is 10.0 Å². The first-order valence-corrected chi connectivity index (χ1v) is 10.3. The molecule has 2 aromatic rings. The van der Waals surface area contributed by atoms with Crippen LogP contribution < -0.4 is 9.62 Å². The van der Waals surface area contributed by atoms with E-state index in [0.29, 0.717) is 12.1 Å². The summed E-state index contributed by atoms with van der Waals surface area (Å²) >= 11 is 1.53. The molecule has 0 unspecified atom stereocenters. The number of amides is 1. The van der Waals surface area contributed by atoms with E-state index >= 15 is 0 Å². The summed E-state index contributed by atoms with van der Waals surface area (Å²) in [5.41, 5.74) is 2.76. The first kappa shape index (κ1) is 18.5. The van der Waals surface area contributed by atoms with Crippen LogP contribution in [0.4, 0.5) is 5.69 Å². The average molecular weight is 367 g/mol. The zero-order valence-electron chi connectivity index (χ0n) is 14.1. The number of nitrogens with one attached hydrogen (secondary N) is 1. The lowest BCUT2D eigenvalue weighted by atomic mass is 10.1. The fraction of sp³-hybridized carbons (Fsp3) is 0.353. The van der Waals surface area contributed by atoms with Gasteiger partial charge in [-0.1, -0.05) is 12.1 Å². The van der Waals surface area contributed by atoms with Gasteiger partial charge < -0.3 is 5.32 Å². The molecule has 7 heteroatoms. The van der Waals surface area contributed by atoms with Gasteiger partial charge in [-0.15, -0.1) is 11.3 Å². The van der Waals surface area contributed by atoms with Gasteiger partial charge in [0, 0.05) is 11.4 Å². The lowest BCUT2D eigenvalue weighted by Gasteiger charge is -2.23. The minimum Gasteiger partial charge on any atom is -0.354 e. The van der Waals surface area contributed by atoms with Gasteiger partial charge in [-0.05, 0) is 48.6 Å². The zero-order valence-corrected chi connectivity index (χ0v) is 15.7. The summed E-state index contributed by atoms with van der Waals surface area (Å²) in [4.78, 5) is 12.9. The maximum Gasteiger partial charge on any atom is 0.232 e. The van der Waals surface area contributed by atoms with Crippen molar-refractivity contribution in [3.8, 4) is 0 Å². The van der Waals surface area contributed by atoms with Gasteiger partial charge in [-0.2, -0.15) is 0 Å². The van der Waals surface area contributed by atoms with Crippen LogP contribution in [0.5, 0.6) is 0 Å². The molecule has 0 aliphatic heterocycles. The van der Waals surface area contributed by atoms with Crippen LogP contribution in [0.3, 0.4) is 0 Å². The van der Waals surface area contributed by atoms with E-state index in [0.717, 1.165) is 16.0 Å². The molecule has 0 radical (unpaired) electrons. The third kappa shape index (κ3) is 5.07. The van der Waals surface area contributed by atoms with Gasteiger partial charge in [0.05, 0.1) is 24.9 Å². The first-order chi connectivity index (χ1) is 11.3. The van der Waals surface area contributed by atoms with Gasteiger partial charge in [0.1, 0.15) is 0 Å². The highest BCUT2D eigenvalue weighted by Crippen LogP contribution is 2.20. The highest BCUT2D eigenvalue weighted by molar-refractivity contribution is 7.92. The number of aryl methyl sites for hydroxylation is 2. The molecule has 0 aliphatic carbocycles. The number of anilines is 1. The predicted molar refractivity (Wildman–Crippen MR) is 99.1 cm³/mol. The summed E-state index contributed by atoms with van der Waals surface area (Å²) in [7, 11) is -3.41. The molecule has 0 bridgehead atoms. The normalized spacial score (nSPS) is 11.3. The second-order valence-corrected chi connectivity index (χ2v) is 8.65. The molecule has 1 aromatic carbocycles. The van der Waals surface area contributed by atoms with E-state index in [-0.39, 0.29) is 19.0 Å².